The summed E-state index contributed by atoms with van der Waals surface area (Å²) in [6.07, 6.45) is -0.158. The second-order valence-electron chi connectivity index (χ2n) is 29.5. The van der Waals surface area contributed by atoms with Crippen LogP contribution in [0.2, 0.25) is 20.1 Å². The second-order valence-corrected chi connectivity index (χ2v) is 31.0. The zero-order valence-electron chi connectivity index (χ0n) is 65.0. The van der Waals surface area contributed by atoms with Crippen LogP contribution in [0.15, 0.2) is 243 Å². The summed E-state index contributed by atoms with van der Waals surface area (Å²) >= 11 is 27.3. The summed E-state index contributed by atoms with van der Waals surface area (Å²) in [5.41, 5.74) is 13.2. The Morgan fingerprint density at radius 1 is 0.285 bits per heavy atom. The van der Waals surface area contributed by atoms with E-state index < -0.39 is 37.3 Å². The van der Waals surface area contributed by atoms with Crippen LogP contribution in [-0.4, -0.2) is 194 Å². The molecular weight excluding hydrogens is 1740 g/mol. The minimum Gasteiger partial charge on any atom is -0.341 e. The van der Waals surface area contributed by atoms with Crippen LogP contribution >= 0.6 is 46.4 Å². The number of alkyl halides is 4. The van der Waals surface area contributed by atoms with Gasteiger partial charge in [0.25, 0.3) is 5.92 Å². The van der Waals surface area contributed by atoms with Gasteiger partial charge in [-0.15, -0.1) is 40.8 Å². The fraction of sp³-hybridized carbons (Fsp3) is 0.265. The van der Waals surface area contributed by atoms with Crippen LogP contribution in [0.25, 0.3) is 134 Å². The van der Waals surface area contributed by atoms with Crippen LogP contribution in [0.5, 0.6) is 0 Å². The van der Waals surface area contributed by atoms with Crippen LogP contribution in [0.3, 0.4) is 0 Å². The Hall–Kier alpha value is -13.3. The molecule has 4 aliphatic rings. The van der Waals surface area contributed by atoms with E-state index in [1.165, 1.54) is 23.8 Å². The Balaban J connectivity index is 0.000000191. The Labute approximate surface area is 773 Å². The van der Waals surface area contributed by atoms with Crippen molar-refractivity contribution in [3.63, 3.8) is 0 Å². The molecule has 8 aromatic heterocycles. The molecule has 16 aromatic rings. The zero-order valence-corrected chi connectivity index (χ0v) is 68.0. The van der Waals surface area contributed by atoms with Crippen molar-refractivity contribution in [3.05, 3.63) is 263 Å². The molecule has 24 nitrogen and oxygen atoms in total. The summed E-state index contributed by atoms with van der Waals surface area (Å²) < 4.78 is 59.5. The first-order valence-electron chi connectivity index (χ1n) is 39.3. The lowest BCUT2D eigenvalue weighted by molar-refractivity contribution is -0.166. The number of carbonyl (C=O) groups excluding carboxylic acids is 4. The first kappa shape index (κ1) is 100. The molecule has 676 valence electrons. The Kier molecular flexibility index (Phi) is 34.1. The number of carbonyl (C=O) groups is 4. The topological polar surface area (TPSA) is 256 Å². The van der Waals surface area contributed by atoms with Gasteiger partial charge in [0.15, 0.2) is 22.6 Å². The third-order valence-corrected chi connectivity index (χ3v) is 22.8. The van der Waals surface area contributed by atoms with Gasteiger partial charge >= 0.3 is 0 Å². The molecule has 12 heterocycles. The summed E-state index contributed by atoms with van der Waals surface area (Å²) in [5, 5.41) is 57.7. The standard InChI is InChI=1S/2C23H19ClFN5O.C22H16ClF2N5O.C22H18ClN5O.8CH4/c2*24-20-19-21(15-7-3-1-4-8-15)28-30(14-18(31)29-12-11-17(25)13-29)23(19)27-26-22(20)16-9-5-2-6-10-16;23-18-17-19(14-7-3-1-4-8-14)28-30(11-16(31)29-12-22(24,25)13-29)21(17)27-26-20(18)15-9-5-2-6-10-15;23-19-18-20(15-8-3-1-4-9-15)26-28(14-17(29)27-12-7-13-27)22(18)25-24-21(19)16-10-5-2-6-11-16;;;;;;;;/h2*1-10,17H,11-14H2;1-10H,11-13H2;1-6,8-11H,7,12-14H2;8*1H4/t2*17-;;;;;;;;;;/m10........../s1. The molecule has 0 aliphatic carbocycles. The number of likely N-dealkylation sites (tertiary alicyclic amines) is 4. The van der Waals surface area contributed by atoms with Gasteiger partial charge in [0, 0.05) is 70.7 Å². The molecule has 0 N–H and O–H groups in total. The van der Waals surface area contributed by atoms with E-state index in [1.807, 2.05) is 248 Å². The first-order chi connectivity index (χ1) is 59.4. The number of benzene rings is 8. The Bertz CT molecular complexity index is 6330. The number of rotatable bonds is 16. The number of nitrogens with zero attached hydrogens (tertiary/aromatic N) is 20. The summed E-state index contributed by atoms with van der Waals surface area (Å²) in [4.78, 5) is 56.5. The summed E-state index contributed by atoms with van der Waals surface area (Å²) in [6.45, 7) is 1.29. The van der Waals surface area contributed by atoms with Gasteiger partial charge in [-0.05, 0) is 19.3 Å². The third kappa shape index (κ3) is 21.2. The highest BCUT2D eigenvalue weighted by atomic mass is 35.5. The van der Waals surface area contributed by atoms with Crippen LogP contribution in [0.4, 0.5) is 17.6 Å². The van der Waals surface area contributed by atoms with Crippen LogP contribution < -0.4 is 0 Å². The van der Waals surface area contributed by atoms with Crippen molar-refractivity contribution in [1.29, 1.82) is 0 Å². The molecular formula is C98H104Cl4F4N20O4. The highest BCUT2D eigenvalue weighted by molar-refractivity contribution is 6.40. The number of amides is 4. The van der Waals surface area contributed by atoms with Crippen molar-refractivity contribution in [2.24, 2.45) is 0 Å². The monoisotopic (exact) mass is 1840 g/mol. The van der Waals surface area contributed by atoms with Gasteiger partial charge < -0.3 is 19.6 Å². The molecule has 0 saturated carbocycles. The maximum Gasteiger partial charge on any atom is 0.282 e. The molecule has 8 aromatic carbocycles. The number of hydrogen-bond acceptors (Lipinski definition) is 16. The van der Waals surface area contributed by atoms with E-state index in [0.29, 0.717) is 136 Å². The fourth-order valence-corrected chi connectivity index (χ4v) is 16.2. The predicted molar refractivity (Wildman–Crippen MR) is 514 cm³/mol. The van der Waals surface area contributed by atoms with Gasteiger partial charge in [-0.3, -0.25) is 19.2 Å². The molecule has 0 radical (unpaired) electrons. The van der Waals surface area contributed by atoms with Gasteiger partial charge in [-0.2, -0.15) is 20.4 Å². The van der Waals surface area contributed by atoms with Gasteiger partial charge in [0.2, 0.25) is 23.6 Å². The average Bonchev–Trinajstić information content (AvgIpc) is 1.62. The van der Waals surface area contributed by atoms with Gasteiger partial charge in [-0.1, -0.05) is 348 Å². The van der Waals surface area contributed by atoms with Crippen LogP contribution in [0.1, 0.15) is 78.7 Å². The summed E-state index contributed by atoms with van der Waals surface area (Å²) in [7, 11) is 0. The number of fused-ring (bicyclic) bond motifs is 4. The second kappa shape index (κ2) is 44.2. The fourth-order valence-electron chi connectivity index (χ4n) is 14.9. The molecule has 0 spiro atoms. The molecule has 4 saturated heterocycles. The molecule has 2 atom stereocenters. The quantitative estimate of drug-likeness (QED) is 0.0815. The van der Waals surface area contributed by atoms with E-state index in [4.69, 9.17) is 51.5 Å². The largest absolute Gasteiger partial charge is 0.341 e. The van der Waals surface area contributed by atoms with Crippen molar-refractivity contribution >= 4 is 114 Å². The van der Waals surface area contributed by atoms with Gasteiger partial charge in [0.1, 0.15) is 84.1 Å². The van der Waals surface area contributed by atoms with Crippen molar-refractivity contribution in [2.45, 2.75) is 123 Å². The maximum absolute atomic E-state index is 13.6. The summed E-state index contributed by atoms with van der Waals surface area (Å²) in [6, 6.07) is 76.6. The maximum atomic E-state index is 13.6. The van der Waals surface area contributed by atoms with Crippen LogP contribution in [0, 0.1) is 0 Å². The molecule has 4 aliphatic heterocycles. The van der Waals surface area contributed by atoms with E-state index in [9.17, 15) is 36.7 Å². The van der Waals surface area contributed by atoms with Crippen molar-refractivity contribution < 1.29 is 36.7 Å². The van der Waals surface area contributed by atoms with Crippen LogP contribution in [-0.2, 0) is 45.4 Å². The normalized spacial score (nSPS) is 14.3. The van der Waals surface area contributed by atoms with E-state index in [1.54, 1.807) is 4.68 Å². The lowest BCUT2D eigenvalue weighted by Gasteiger charge is -2.38. The van der Waals surface area contributed by atoms with Gasteiger partial charge in [-0.25, -0.2) is 36.3 Å². The highest BCUT2D eigenvalue weighted by Crippen LogP contribution is 2.43. The predicted octanol–water partition coefficient (Wildman–Crippen LogP) is 22.2. The SMILES string of the molecule is C.C.C.C.C.C.C.C.O=C(Cn1nc(-c2ccccc2)c2c(Cl)c(-c3ccccc3)nnc21)N1CC(F)(F)C1.O=C(Cn1nc(-c2ccccc2)c2c(Cl)c(-c3ccccc3)nnc21)N1CCC1.O=C(Cn1nc(-c2ccccc2)c2c(Cl)c(-c3ccccc3)nnc21)N1CC[C@@H](F)C1.O=C(Cn1nc(-c2ccccc2)c2c(Cl)c(-c3ccccc3)nnc21)N1CC[C@H](F)C1. The molecule has 0 unspecified atom stereocenters. The number of aromatic nitrogens is 16. The van der Waals surface area contributed by atoms with E-state index in [-0.39, 0.29) is 116 Å². The van der Waals surface area contributed by atoms with E-state index in [0.717, 1.165) is 68.9 Å². The Morgan fingerprint density at radius 3 is 0.669 bits per heavy atom. The molecule has 4 amide bonds. The lowest BCUT2D eigenvalue weighted by Crippen LogP contribution is -2.59. The third-order valence-electron chi connectivity index (χ3n) is 21.3. The van der Waals surface area contributed by atoms with E-state index >= 15 is 0 Å². The van der Waals surface area contributed by atoms with Crippen molar-refractivity contribution in [2.75, 3.05) is 52.4 Å². The van der Waals surface area contributed by atoms with Crippen molar-refractivity contribution in [1.82, 2.24) is 99.5 Å². The first-order valence-corrected chi connectivity index (χ1v) is 40.8. The minimum atomic E-state index is -2.83. The van der Waals surface area contributed by atoms with Gasteiger partial charge in [0.05, 0.1) is 67.8 Å². The molecule has 0 bridgehead atoms. The van der Waals surface area contributed by atoms with Crippen molar-refractivity contribution in [3.8, 4) is 90.1 Å². The lowest BCUT2D eigenvalue weighted by atomic mass is 10.1. The Morgan fingerprint density at radius 2 is 0.485 bits per heavy atom. The molecule has 32 heteroatoms. The highest BCUT2D eigenvalue weighted by Gasteiger charge is 2.46. The number of halogens is 8. The molecule has 4 fully saturated rings. The average molecular weight is 1840 g/mol. The molecule has 130 heavy (non-hydrogen) atoms. The zero-order chi connectivity index (χ0) is 84.1. The molecule has 20 rings (SSSR count). The van der Waals surface area contributed by atoms with E-state index in [2.05, 4.69) is 56.1 Å². The summed E-state index contributed by atoms with van der Waals surface area (Å²) in [5.74, 6) is -3.65. The number of hydrogen-bond donors (Lipinski definition) is 0. The smallest absolute Gasteiger partial charge is 0.282 e. The minimum absolute atomic E-state index is 0.